The predicted molar refractivity (Wildman–Crippen MR) is 159 cm³/mol. The van der Waals surface area contributed by atoms with Crippen molar-refractivity contribution in [2.45, 2.75) is 93.6 Å². The van der Waals surface area contributed by atoms with Crippen molar-refractivity contribution >= 4 is 23.6 Å². The summed E-state index contributed by atoms with van der Waals surface area (Å²) in [5.41, 5.74) is 2.18. The van der Waals surface area contributed by atoms with Crippen molar-refractivity contribution in [2.75, 3.05) is 0 Å². The van der Waals surface area contributed by atoms with Crippen LogP contribution in [0.1, 0.15) is 108 Å². The molecule has 0 spiro atoms. The lowest BCUT2D eigenvalue weighted by Gasteiger charge is -2.50. The quantitative estimate of drug-likeness (QED) is 0.204. The highest BCUT2D eigenvalue weighted by molar-refractivity contribution is 6.07. The van der Waals surface area contributed by atoms with Gasteiger partial charge in [0.2, 0.25) is 5.69 Å². The highest BCUT2D eigenvalue weighted by Crippen LogP contribution is 2.50. The maximum atomic E-state index is 14.0. The largest absolute Gasteiger partial charge is 0.459 e. The maximum absolute atomic E-state index is 14.0. The third-order valence-electron chi connectivity index (χ3n) is 8.62. The van der Waals surface area contributed by atoms with Crippen molar-refractivity contribution in [3.8, 4) is 11.4 Å². The fourth-order valence-electron chi connectivity index (χ4n) is 6.24. The van der Waals surface area contributed by atoms with Crippen LogP contribution in [-0.2, 0) is 10.2 Å². The Bertz CT molecular complexity index is 1430. The number of nitrogens with zero attached hydrogens (tertiary/aromatic N) is 3. The summed E-state index contributed by atoms with van der Waals surface area (Å²) in [5, 5.41) is 3.14. The third-order valence-corrected chi connectivity index (χ3v) is 8.62. The fourth-order valence-corrected chi connectivity index (χ4v) is 6.24. The van der Waals surface area contributed by atoms with Crippen LogP contribution >= 0.6 is 0 Å². The molecule has 1 saturated carbocycles. The zero-order valence-corrected chi connectivity index (χ0v) is 25.7. The van der Waals surface area contributed by atoms with E-state index in [0.29, 0.717) is 18.0 Å². The zero-order valence-electron chi connectivity index (χ0n) is 25.7. The molecule has 7 nitrogen and oxygen atoms in total. The van der Waals surface area contributed by atoms with Crippen molar-refractivity contribution in [1.29, 1.82) is 0 Å². The van der Waals surface area contributed by atoms with E-state index >= 15 is 0 Å². The van der Waals surface area contributed by atoms with E-state index in [9.17, 15) is 9.59 Å². The fraction of sp³-hybridized carbons (Fsp3) is 0.576. The number of esters is 1. The lowest BCUT2D eigenvalue weighted by molar-refractivity contribution is -0.0922. The molecule has 0 radical (unpaired) electrons. The van der Waals surface area contributed by atoms with Gasteiger partial charge >= 0.3 is 5.97 Å². The van der Waals surface area contributed by atoms with Gasteiger partial charge in [-0.25, -0.2) is 19.1 Å². The number of rotatable bonds is 4. The molecule has 1 fully saturated rings. The molecule has 4 rings (SSSR count). The number of ether oxygens (including phenoxy) is 1. The van der Waals surface area contributed by atoms with Crippen LogP contribution in [0.25, 0.3) is 21.9 Å². The SMILES string of the molecule is [C-]#[N+]c1c(C(=O)OC2C(C(C)(C)C)CC(C)CC2C(C)(C)C)c2nc(-c3ccc(C(C)(C)C)cc3)[nH]n2c1C=O. The molecular weight excluding hydrogens is 500 g/mol. The second-order valence-corrected chi connectivity index (χ2v) is 14.8. The van der Waals surface area contributed by atoms with Gasteiger partial charge in [-0.3, -0.25) is 9.89 Å². The Labute approximate surface area is 238 Å². The normalized spacial score (nSPS) is 22.2. The van der Waals surface area contributed by atoms with E-state index in [2.05, 4.69) is 91.3 Å². The van der Waals surface area contributed by atoms with Crippen molar-refractivity contribution < 1.29 is 14.3 Å². The molecule has 2 heterocycles. The molecule has 2 aromatic heterocycles. The minimum absolute atomic E-state index is 0.00754. The summed E-state index contributed by atoms with van der Waals surface area (Å²) in [4.78, 5) is 34.5. The van der Waals surface area contributed by atoms with Crippen LogP contribution in [-0.4, -0.2) is 33.0 Å². The van der Waals surface area contributed by atoms with Crippen LogP contribution in [0.2, 0.25) is 0 Å². The Kier molecular flexibility index (Phi) is 7.55. The molecule has 0 bridgehead atoms. The molecule has 40 heavy (non-hydrogen) atoms. The molecule has 214 valence electrons. The van der Waals surface area contributed by atoms with E-state index in [1.165, 1.54) is 10.1 Å². The summed E-state index contributed by atoms with van der Waals surface area (Å²) in [6.45, 7) is 29.8. The summed E-state index contributed by atoms with van der Waals surface area (Å²) < 4.78 is 7.86. The lowest BCUT2D eigenvalue weighted by atomic mass is 9.59. The van der Waals surface area contributed by atoms with Gasteiger partial charge in [0.25, 0.3) is 0 Å². The molecule has 2 atom stereocenters. The standard InChI is InChI=1S/C33H44N4O3/c1-19-16-22(32(5,6)7)27(23(17-19)33(8,9)10)40-30(39)25-26(34-11)24(18-38)37-29(25)35-28(36-37)20-12-14-21(15-13-20)31(2,3)4/h12-15,18-19,22-23,27H,16-17H2,1-10H3,(H,35,36). The summed E-state index contributed by atoms with van der Waals surface area (Å²) in [5.74, 6) is 0.737. The molecule has 0 amide bonds. The van der Waals surface area contributed by atoms with E-state index in [4.69, 9.17) is 16.3 Å². The number of carbonyl (C=O) groups is 2. The number of benzene rings is 1. The van der Waals surface area contributed by atoms with Gasteiger partial charge in [-0.1, -0.05) is 93.5 Å². The van der Waals surface area contributed by atoms with Crippen LogP contribution in [0.4, 0.5) is 5.69 Å². The van der Waals surface area contributed by atoms with Gasteiger partial charge in [-0.05, 0) is 40.6 Å². The molecule has 0 saturated heterocycles. The Hall–Kier alpha value is -3.40. The smallest absolute Gasteiger partial charge is 0.331 e. The molecule has 7 heteroatoms. The maximum Gasteiger partial charge on any atom is 0.331 e. The zero-order chi connectivity index (χ0) is 29.8. The van der Waals surface area contributed by atoms with Crippen molar-refractivity contribution in [1.82, 2.24) is 14.6 Å². The first-order valence-electron chi connectivity index (χ1n) is 14.3. The van der Waals surface area contributed by atoms with Gasteiger partial charge < -0.3 is 4.74 Å². The number of aromatic nitrogens is 3. The van der Waals surface area contributed by atoms with E-state index in [1.54, 1.807) is 0 Å². The Morgan fingerprint density at radius 2 is 1.57 bits per heavy atom. The second kappa shape index (κ2) is 10.2. The van der Waals surface area contributed by atoms with Gasteiger partial charge in [0.15, 0.2) is 17.8 Å². The van der Waals surface area contributed by atoms with E-state index in [-0.39, 0.29) is 56.8 Å². The number of aldehydes is 1. The van der Waals surface area contributed by atoms with Gasteiger partial charge in [-0.15, -0.1) is 0 Å². The Morgan fingerprint density at radius 1 is 1.02 bits per heavy atom. The number of nitrogens with one attached hydrogen (secondary N) is 1. The van der Waals surface area contributed by atoms with Crippen LogP contribution in [0, 0.1) is 35.2 Å². The molecule has 0 aliphatic heterocycles. The summed E-state index contributed by atoms with van der Waals surface area (Å²) >= 11 is 0. The molecule has 1 N–H and O–H groups in total. The van der Waals surface area contributed by atoms with Crippen molar-refractivity contribution in [2.24, 2.45) is 28.6 Å². The molecule has 1 aliphatic rings. The molecule has 3 aromatic rings. The predicted octanol–water partition coefficient (Wildman–Crippen LogP) is 8.27. The van der Waals surface area contributed by atoms with Gasteiger partial charge in [0.05, 0.1) is 6.57 Å². The van der Waals surface area contributed by atoms with Gasteiger partial charge in [0.1, 0.15) is 17.4 Å². The van der Waals surface area contributed by atoms with Crippen LogP contribution in [0.15, 0.2) is 24.3 Å². The monoisotopic (exact) mass is 544 g/mol. The number of aromatic amines is 1. The summed E-state index contributed by atoms with van der Waals surface area (Å²) in [6.07, 6.45) is 2.21. The molecule has 1 aromatic carbocycles. The second-order valence-electron chi connectivity index (χ2n) is 14.8. The van der Waals surface area contributed by atoms with Crippen LogP contribution in [0.5, 0.6) is 0 Å². The minimum Gasteiger partial charge on any atom is -0.459 e. The Balaban J connectivity index is 1.80. The molecule has 1 aliphatic carbocycles. The first kappa shape index (κ1) is 29.6. The van der Waals surface area contributed by atoms with Gasteiger partial charge in [-0.2, -0.15) is 0 Å². The number of hydrogen-bond donors (Lipinski definition) is 1. The first-order chi connectivity index (χ1) is 18.5. The topological polar surface area (TPSA) is 80.8 Å². The van der Waals surface area contributed by atoms with Crippen LogP contribution < -0.4 is 0 Å². The summed E-state index contributed by atoms with van der Waals surface area (Å²) in [7, 11) is 0. The average Bonchev–Trinajstić information content (AvgIpc) is 3.39. The van der Waals surface area contributed by atoms with E-state index in [1.807, 2.05) is 12.1 Å². The first-order valence-corrected chi connectivity index (χ1v) is 14.3. The number of fused-ring (bicyclic) bond motifs is 1. The van der Waals surface area contributed by atoms with Crippen molar-refractivity contribution in [3.05, 3.63) is 52.5 Å². The third kappa shape index (κ3) is 5.46. The highest BCUT2D eigenvalue weighted by atomic mass is 16.5. The number of carbonyl (C=O) groups excluding carboxylic acids is 2. The van der Waals surface area contributed by atoms with E-state index < -0.39 is 5.97 Å². The highest BCUT2D eigenvalue weighted by Gasteiger charge is 2.48. The molecular formula is C33H44N4O3. The number of H-pyrrole nitrogens is 1. The number of hydrogen-bond acceptors (Lipinski definition) is 4. The average molecular weight is 545 g/mol. The molecule has 2 unspecified atom stereocenters. The Morgan fingerprint density at radius 3 is 2.02 bits per heavy atom. The van der Waals surface area contributed by atoms with E-state index in [0.717, 1.165) is 18.4 Å². The van der Waals surface area contributed by atoms with Crippen LogP contribution in [0.3, 0.4) is 0 Å². The lowest BCUT2D eigenvalue weighted by Crippen LogP contribution is -2.49. The van der Waals surface area contributed by atoms with Gasteiger partial charge in [0, 0.05) is 17.4 Å². The summed E-state index contributed by atoms with van der Waals surface area (Å²) in [6, 6.07) is 8.05. The van der Waals surface area contributed by atoms with Crippen molar-refractivity contribution in [3.63, 3.8) is 0 Å². The minimum atomic E-state index is -0.596.